The third kappa shape index (κ3) is 3.37. The number of nitrogens with one attached hydrogen (secondary N) is 2. The highest BCUT2D eigenvalue weighted by atomic mass is 16.1. The molecule has 0 aliphatic carbocycles. The number of rotatable bonds is 3. The van der Waals surface area contributed by atoms with Gasteiger partial charge in [0.25, 0.3) is 5.91 Å². The Labute approximate surface area is 135 Å². The van der Waals surface area contributed by atoms with Gasteiger partial charge in [-0.3, -0.25) is 4.79 Å². The summed E-state index contributed by atoms with van der Waals surface area (Å²) in [7, 11) is 0. The summed E-state index contributed by atoms with van der Waals surface area (Å²) in [6.07, 6.45) is 3.88. The van der Waals surface area contributed by atoms with Crippen LogP contribution in [0.5, 0.6) is 0 Å². The molecule has 0 unspecified atom stereocenters. The summed E-state index contributed by atoms with van der Waals surface area (Å²) in [5.41, 5.74) is 2.71. The highest BCUT2D eigenvalue weighted by molar-refractivity contribution is 6.05. The maximum Gasteiger partial charge on any atom is 0.272 e. The lowest BCUT2D eigenvalue weighted by Gasteiger charge is -2.33. The number of anilines is 2. The highest BCUT2D eigenvalue weighted by Gasteiger charge is 2.19. The van der Waals surface area contributed by atoms with Crippen LogP contribution in [0.15, 0.2) is 36.5 Å². The molecule has 118 valence electrons. The normalized spacial score (nSPS) is 15.2. The summed E-state index contributed by atoms with van der Waals surface area (Å²) in [6, 6.07) is 11.4. The minimum Gasteiger partial charge on any atom is -0.370 e. The molecule has 0 radical (unpaired) electrons. The van der Waals surface area contributed by atoms with Gasteiger partial charge in [0.2, 0.25) is 0 Å². The average Bonchev–Trinajstić information content (AvgIpc) is 3.05. The van der Waals surface area contributed by atoms with E-state index in [-0.39, 0.29) is 5.91 Å². The second-order valence-corrected chi connectivity index (χ2v) is 6.05. The fourth-order valence-electron chi connectivity index (χ4n) is 2.88. The number of nitrogens with zero attached hydrogens (tertiary/aromatic N) is 2. The lowest BCUT2D eigenvalue weighted by molar-refractivity contribution is 0.102. The number of H-pyrrole nitrogens is 1. The molecular formula is C18H20N4O. The minimum atomic E-state index is -0.232. The lowest BCUT2D eigenvalue weighted by Crippen LogP contribution is -2.33. The van der Waals surface area contributed by atoms with Gasteiger partial charge in [-0.25, -0.2) is 0 Å². The zero-order valence-corrected chi connectivity index (χ0v) is 13.2. The van der Waals surface area contributed by atoms with E-state index in [2.05, 4.69) is 22.1 Å². The topological polar surface area (TPSA) is 71.9 Å². The molecule has 3 rings (SSSR count). The summed E-state index contributed by atoms with van der Waals surface area (Å²) >= 11 is 0. The number of hydrogen-bond donors (Lipinski definition) is 2. The Morgan fingerprint density at radius 2 is 2.09 bits per heavy atom. The molecule has 1 amide bonds. The van der Waals surface area contributed by atoms with E-state index in [9.17, 15) is 4.79 Å². The monoisotopic (exact) mass is 308 g/mol. The number of carbonyl (C=O) groups excluding carboxylic acids is 1. The Balaban J connectivity index is 1.78. The molecule has 2 N–H and O–H groups in total. The summed E-state index contributed by atoms with van der Waals surface area (Å²) in [6.45, 7) is 4.30. The maximum atomic E-state index is 12.4. The second kappa shape index (κ2) is 6.57. The quantitative estimate of drug-likeness (QED) is 0.913. The van der Waals surface area contributed by atoms with Gasteiger partial charge >= 0.3 is 0 Å². The SMILES string of the molecule is CC1CCN(c2ccccc2NC(=O)c2cc(C#N)c[nH]2)CC1. The first-order valence-electron chi connectivity index (χ1n) is 7.91. The van der Waals surface area contributed by atoms with E-state index in [4.69, 9.17) is 5.26 Å². The van der Waals surface area contributed by atoms with Crippen molar-refractivity contribution in [2.24, 2.45) is 5.92 Å². The van der Waals surface area contributed by atoms with Crippen molar-refractivity contribution in [2.75, 3.05) is 23.3 Å². The number of piperidine rings is 1. The van der Waals surface area contributed by atoms with Crippen molar-refractivity contribution in [1.82, 2.24) is 4.98 Å². The van der Waals surface area contributed by atoms with Crippen LogP contribution in [-0.4, -0.2) is 24.0 Å². The van der Waals surface area contributed by atoms with Gasteiger partial charge < -0.3 is 15.2 Å². The van der Waals surface area contributed by atoms with Crippen LogP contribution < -0.4 is 10.2 Å². The minimum absolute atomic E-state index is 0.232. The number of hydrogen-bond acceptors (Lipinski definition) is 3. The van der Waals surface area contributed by atoms with Gasteiger partial charge in [0.05, 0.1) is 16.9 Å². The molecule has 0 saturated carbocycles. The number of para-hydroxylation sites is 2. The van der Waals surface area contributed by atoms with Crippen LogP contribution in [0.1, 0.15) is 35.8 Å². The first-order valence-corrected chi connectivity index (χ1v) is 7.91. The molecule has 5 nitrogen and oxygen atoms in total. The predicted octanol–water partition coefficient (Wildman–Crippen LogP) is 3.37. The Morgan fingerprint density at radius 3 is 2.78 bits per heavy atom. The van der Waals surface area contributed by atoms with E-state index < -0.39 is 0 Å². The summed E-state index contributed by atoms with van der Waals surface area (Å²) < 4.78 is 0. The maximum absolute atomic E-state index is 12.4. The molecule has 1 aromatic carbocycles. The number of aromatic amines is 1. The first-order chi connectivity index (χ1) is 11.2. The molecule has 0 atom stereocenters. The molecule has 1 saturated heterocycles. The van der Waals surface area contributed by atoms with Crippen molar-refractivity contribution in [3.63, 3.8) is 0 Å². The van der Waals surface area contributed by atoms with Crippen LogP contribution in [0.3, 0.4) is 0 Å². The third-order valence-corrected chi connectivity index (χ3v) is 4.33. The highest BCUT2D eigenvalue weighted by Crippen LogP contribution is 2.29. The van der Waals surface area contributed by atoms with Crippen molar-refractivity contribution < 1.29 is 4.79 Å². The van der Waals surface area contributed by atoms with Gasteiger partial charge in [-0.05, 0) is 37.0 Å². The van der Waals surface area contributed by atoms with Crippen molar-refractivity contribution in [3.05, 3.63) is 47.8 Å². The molecule has 5 heteroatoms. The Hall–Kier alpha value is -2.74. The van der Waals surface area contributed by atoms with Crippen LogP contribution in [-0.2, 0) is 0 Å². The number of benzene rings is 1. The Bertz CT molecular complexity index is 735. The predicted molar refractivity (Wildman–Crippen MR) is 90.5 cm³/mol. The first kappa shape index (κ1) is 15.2. The van der Waals surface area contributed by atoms with E-state index in [0.29, 0.717) is 11.3 Å². The summed E-state index contributed by atoms with van der Waals surface area (Å²) in [4.78, 5) is 17.5. The average molecular weight is 308 g/mol. The molecule has 23 heavy (non-hydrogen) atoms. The van der Waals surface area contributed by atoms with Gasteiger partial charge in [-0.15, -0.1) is 0 Å². The Kier molecular flexibility index (Phi) is 4.33. The second-order valence-electron chi connectivity index (χ2n) is 6.05. The third-order valence-electron chi connectivity index (χ3n) is 4.33. The standard InChI is InChI=1S/C18H20N4O/c1-13-6-8-22(9-7-13)17-5-3-2-4-15(17)21-18(23)16-10-14(11-19)12-20-16/h2-5,10,12-13,20H,6-9H2,1H3,(H,21,23). The number of aromatic nitrogens is 1. The number of nitriles is 1. The zero-order chi connectivity index (χ0) is 16.2. The van der Waals surface area contributed by atoms with Crippen molar-refractivity contribution in [2.45, 2.75) is 19.8 Å². The molecule has 1 fully saturated rings. The molecule has 2 heterocycles. The van der Waals surface area contributed by atoms with Gasteiger partial charge in [0.15, 0.2) is 0 Å². The van der Waals surface area contributed by atoms with E-state index in [1.165, 1.54) is 19.0 Å². The largest absolute Gasteiger partial charge is 0.370 e. The van der Waals surface area contributed by atoms with E-state index in [1.807, 2.05) is 30.3 Å². The van der Waals surface area contributed by atoms with Crippen molar-refractivity contribution >= 4 is 17.3 Å². The van der Waals surface area contributed by atoms with E-state index in [1.54, 1.807) is 6.07 Å². The van der Waals surface area contributed by atoms with E-state index >= 15 is 0 Å². The fraction of sp³-hybridized carbons (Fsp3) is 0.333. The van der Waals surface area contributed by atoms with Crippen LogP contribution in [0.25, 0.3) is 0 Å². The number of amides is 1. The molecule has 0 spiro atoms. The van der Waals surface area contributed by atoms with Crippen molar-refractivity contribution in [3.8, 4) is 6.07 Å². The molecule has 0 bridgehead atoms. The summed E-state index contributed by atoms with van der Waals surface area (Å²) in [5, 5.41) is 11.8. The smallest absolute Gasteiger partial charge is 0.272 e. The van der Waals surface area contributed by atoms with Gasteiger partial charge in [-0.2, -0.15) is 5.26 Å². The molecular weight excluding hydrogens is 288 g/mol. The van der Waals surface area contributed by atoms with Gasteiger partial charge in [0.1, 0.15) is 11.8 Å². The van der Waals surface area contributed by atoms with Crippen LogP contribution in [0.4, 0.5) is 11.4 Å². The van der Waals surface area contributed by atoms with Gasteiger partial charge in [-0.1, -0.05) is 19.1 Å². The molecule has 1 aliphatic rings. The fourth-order valence-corrected chi connectivity index (χ4v) is 2.88. The zero-order valence-electron chi connectivity index (χ0n) is 13.2. The molecule has 1 aliphatic heterocycles. The van der Waals surface area contributed by atoms with Crippen molar-refractivity contribution in [1.29, 1.82) is 5.26 Å². The summed E-state index contributed by atoms with van der Waals surface area (Å²) in [5.74, 6) is 0.528. The van der Waals surface area contributed by atoms with Crippen LogP contribution in [0, 0.1) is 17.2 Å². The number of carbonyl (C=O) groups is 1. The lowest BCUT2D eigenvalue weighted by atomic mass is 9.98. The van der Waals surface area contributed by atoms with Gasteiger partial charge in [0, 0.05) is 19.3 Å². The van der Waals surface area contributed by atoms with E-state index in [0.717, 1.165) is 30.4 Å². The van der Waals surface area contributed by atoms with Crippen LogP contribution >= 0.6 is 0 Å². The Morgan fingerprint density at radius 1 is 1.35 bits per heavy atom. The molecule has 1 aromatic heterocycles. The molecule has 2 aromatic rings. The van der Waals surface area contributed by atoms with Crippen LogP contribution in [0.2, 0.25) is 0 Å².